The van der Waals surface area contributed by atoms with Gasteiger partial charge in [-0.3, -0.25) is 4.79 Å². The van der Waals surface area contributed by atoms with Crippen molar-refractivity contribution in [3.63, 3.8) is 0 Å². The Balaban J connectivity index is 2.83. The fourth-order valence-electron chi connectivity index (χ4n) is 1.70. The molecule has 2 rings (SSSR count). The first kappa shape index (κ1) is 14.7. The molecule has 6 nitrogen and oxygen atoms in total. The summed E-state index contributed by atoms with van der Waals surface area (Å²) >= 11 is 6.00. The van der Waals surface area contributed by atoms with E-state index in [4.69, 9.17) is 11.6 Å². The number of hydrogen-bond acceptors (Lipinski definition) is 4. The first-order valence-electron chi connectivity index (χ1n) is 5.61. The van der Waals surface area contributed by atoms with Crippen molar-refractivity contribution < 1.29 is 13.2 Å². The van der Waals surface area contributed by atoms with Crippen LogP contribution in [0.5, 0.6) is 0 Å². The van der Waals surface area contributed by atoms with E-state index >= 15 is 0 Å². The van der Waals surface area contributed by atoms with Gasteiger partial charge in [-0.2, -0.15) is 12.7 Å². The van der Waals surface area contributed by atoms with Gasteiger partial charge in [0.15, 0.2) is 17.3 Å². The molecule has 1 heterocycles. The normalized spacial score (nSPS) is 11.8. The van der Waals surface area contributed by atoms with E-state index < -0.39 is 10.2 Å². The molecule has 106 valence electrons. The summed E-state index contributed by atoms with van der Waals surface area (Å²) in [6, 6.07) is 8.66. The number of rotatable bonds is 4. The molecule has 0 amide bonds. The highest BCUT2D eigenvalue weighted by Gasteiger charge is 2.27. The lowest BCUT2D eigenvalue weighted by Gasteiger charge is -2.15. The Labute approximate surface area is 121 Å². The number of aromatic nitrogens is 2. The van der Waals surface area contributed by atoms with Crippen LogP contribution in [0.15, 0.2) is 30.3 Å². The van der Waals surface area contributed by atoms with Crippen molar-refractivity contribution in [1.29, 1.82) is 0 Å². The average Bonchev–Trinajstić information content (AvgIpc) is 2.77. The predicted octanol–water partition coefficient (Wildman–Crippen LogP) is 1.67. The number of imidazole rings is 1. The van der Waals surface area contributed by atoms with Gasteiger partial charge in [-0.1, -0.05) is 41.9 Å². The second kappa shape index (κ2) is 5.35. The smallest absolute Gasteiger partial charge is 0.294 e. The lowest BCUT2D eigenvalue weighted by molar-refractivity contribution is 0.111. The molecule has 1 aromatic heterocycles. The van der Waals surface area contributed by atoms with Crippen molar-refractivity contribution in [1.82, 2.24) is 13.3 Å². The zero-order chi connectivity index (χ0) is 14.9. The Hall–Kier alpha value is -1.70. The molecule has 2 aromatic rings. The van der Waals surface area contributed by atoms with Crippen LogP contribution in [0, 0.1) is 0 Å². The summed E-state index contributed by atoms with van der Waals surface area (Å²) in [6.45, 7) is 0. The molecule has 1 aromatic carbocycles. The molecule has 0 aliphatic rings. The van der Waals surface area contributed by atoms with Gasteiger partial charge in [-0.05, 0) is 0 Å². The minimum atomic E-state index is -3.91. The minimum Gasteiger partial charge on any atom is -0.294 e. The maximum absolute atomic E-state index is 12.4. The van der Waals surface area contributed by atoms with Crippen LogP contribution in [0.1, 0.15) is 10.6 Å². The predicted molar refractivity (Wildman–Crippen MR) is 76.1 cm³/mol. The second-order valence-electron chi connectivity index (χ2n) is 4.15. The molecule has 0 atom stereocenters. The summed E-state index contributed by atoms with van der Waals surface area (Å²) in [6.07, 6.45) is 0.360. The zero-order valence-electron chi connectivity index (χ0n) is 10.8. The molecule has 8 heteroatoms. The van der Waals surface area contributed by atoms with Crippen molar-refractivity contribution in [2.75, 3.05) is 14.1 Å². The quantitative estimate of drug-likeness (QED) is 0.805. The molecule has 0 aliphatic heterocycles. The Kier molecular flexibility index (Phi) is 3.94. The second-order valence-corrected chi connectivity index (χ2v) is 6.50. The molecule has 0 unspecified atom stereocenters. The van der Waals surface area contributed by atoms with Crippen LogP contribution in [0.3, 0.4) is 0 Å². The fourth-order valence-corrected chi connectivity index (χ4v) is 3.10. The van der Waals surface area contributed by atoms with Crippen molar-refractivity contribution >= 4 is 28.1 Å². The van der Waals surface area contributed by atoms with Gasteiger partial charge in [0.1, 0.15) is 5.69 Å². The summed E-state index contributed by atoms with van der Waals surface area (Å²) in [5, 5.41) is -0.0382. The maximum Gasteiger partial charge on any atom is 0.309 e. The highest BCUT2D eigenvalue weighted by Crippen LogP contribution is 2.30. The third kappa shape index (κ3) is 2.35. The largest absolute Gasteiger partial charge is 0.309 e. The van der Waals surface area contributed by atoms with E-state index in [1.54, 1.807) is 30.3 Å². The summed E-state index contributed by atoms with van der Waals surface area (Å²) in [5.74, 6) is -0.262. The van der Waals surface area contributed by atoms with Crippen LogP contribution in [0.2, 0.25) is 5.15 Å². The zero-order valence-corrected chi connectivity index (χ0v) is 12.4. The van der Waals surface area contributed by atoms with Gasteiger partial charge in [-0.25, -0.2) is 8.96 Å². The van der Waals surface area contributed by atoms with Gasteiger partial charge in [0.05, 0.1) is 0 Å². The highest BCUT2D eigenvalue weighted by atomic mass is 35.5. The molecule has 0 saturated heterocycles. The summed E-state index contributed by atoms with van der Waals surface area (Å²) in [5.41, 5.74) is 0.728. The standard InChI is InChI=1S/C12H12ClN3O3S/c1-15(2)20(18,19)16-10(8-17)14-12(13)11(16)9-6-4-3-5-7-9/h3-8H,1-2H3. The number of benzene rings is 1. The molecule has 20 heavy (non-hydrogen) atoms. The van der Waals surface area contributed by atoms with Gasteiger partial charge in [0.2, 0.25) is 0 Å². The number of hydrogen-bond donors (Lipinski definition) is 0. The van der Waals surface area contributed by atoms with Crippen LogP contribution in [0.4, 0.5) is 0 Å². The topological polar surface area (TPSA) is 72.3 Å². The van der Waals surface area contributed by atoms with Crippen LogP contribution in [-0.4, -0.2) is 42.1 Å². The van der Waals surface area contributed by atoms with Gasteiger partial charge >= 0.3 is 10.2 Å². The Bertz CT molecular complexity index is 739. The molecule has 0 saturated carbocycles. The Morgan fingerprint density at radius 2 is 1.85 bits per heavy atom. The number of carbonyl (C=O) groups is 1. The molecule has 0 N–H and O–H groups in total. The third-order valence-corrected chi connectivity index (χ3v) is 4.68. The Morgan fingerprint density at radius 3 is 2.35 bits per heavy atom. The monoisotopic (exact) mass is 313 g/mol. The van der Waals surface area contributed by atoms with E-state index in [2.05, 4.69) is 4.98 Å². The first-order chi connectivity index (χ1) is 9.39. The van der Waals surface area contributed by atoms with Crippen LogP contribution >= 0.6 is 11.6 Å². The number of carbonyl (C=O) groups excluding carboxylic acids is 1. The van der Waals surface area contributed by atoms with E-state index in [0.29, 0.717) is 11.8 Å². The van der Waals surface area contributed by atoms with E-state index in [0.717, 1.165) is 8.28 Å². The molecule has 0 fully saturated rings. The molecule has 0 bridgehead atoms. The molecular formula is C12H12ClN3O3S. The molecular weight excluding hydrogens is 302 g/mol. The van der Waals surface area contributed by atoms with Gasteiger partial charge in [-0.15, -0.1) is 0 Å². The van der Waals surface area contributed by atoms with E-state index in [1.807, 2.05) is 0 Å². The van der Waals surface area contributed by atoms with Crippen LogP contribution in [0.25, 0.3) is 11.3 Å². The fraction of sp³-hybridized carbons (Fsp3) is 0.167. The lowest BCUT2D eigenvalue weighted by atomic mass is 10.2. The minimum absolute atomic E-state index is 0.0382. The maximum atomic E-state index is 12.4. The van der Waals surface area contributed by atoms with Gasteiger partial charge in [0, 0.05) is 19.7 Å². The van der Waals surface area contributed by atoms with E-state index in [1.165, 1.54) is 14.1 Å². The summed E-state index contributed by atoms with van der Waals surface area (Å²) in [4.78, 5) is 14.9. The van der Waals surface area contributed by atoms with Gasteiger partial charge < -0.3 is 0 Å². The van der Waals surface area contributed by atoms with E-state index in [-0.39, 0.29) is 16.7 Å². The van der Waals surface area contributed by atoms with Crippen molar-refractivity contribution in [3.05, 3.63) is 41.3 Å². The van der Waals surface area contributed by atoms with Crippen LogP contribution < -0.4 is 0 Å². The van der Waals surface area contributed by atoms with E-state index in [9.17, 15) is 13.2 Å². The summed E-state index contributed by atoms with van der Waals surface area (Å²) in [7, 11) is -1.17. The number of nitrogens with zero attached hydrogens (tertiary/aromatic N) is 3. The Morgan fingerprint density at radius 1 is 1.25 bits per heavy atom. The summed E-state index contributed by atoms with van der Waals surface area (Å²) < 4.78 is 26.5. The SMILES string of the molecule is CN(C)S(=O)(=O)n1c(C=O)nc(Cl)c1-c1ccccc1. The third-order valence-electron chi connectivity index (χ3n) is 2.66. The van der Waals surface area contributed by atoms with Crippen molar-refractivity contribution in [3.8, 4) is 11.3 Å². The average molecular weight is 314 g/mol. The van der Waals surface area contributed by atoms with Crippen molar-refractivity contribution in [2.24, 2.45) is 0 Å². The van der Waals surface area contributed by atoms with Crippen molar-refractivity contribution in [2.45, 2.75) is 0 Å². The molecule has 0 radical (unpaired) electrons. The number of aldehydes is 1. The highest BCUT2D eigenvalue weighted by molar-refractivity contribution is 7.87. The lowest BCUT2D eigenvalue weighted by Crippen LogP contribution is -2.30. The first-order valence-corrected chi connectivity index (χ1v) is 7.39. The molecule has 0 spiro atoms. The van der Waals surface area contributed by atoms with Gasteiger partial charge in [0.25, 0.3) is 0 Å². The van der Waals surface area contributed by atoms with Crippen LogP contribution in [-0.2, 0) is 10.2 Å². The number of halogens is 1. The molecule has 0 aliphatic carbocycles.